The van der Waals surface area contributed by atoms with E-state index in [9.17, 15) is 17.7 Å². The molecular formula is C3H5F4N. The normalized spacial score (nSPS) is 16.1. The lowest BCUT2D eigenvalue weighted by molar-refractivity contribution is -0.135. The van der Waals surface area contributed by atoms with E-state index in [-0.39, 0.29) is 5.54 Å². The van der Waals surface area contributed by atoms with Crippen molar-refractivity contribution in [2.24, 2.45) is 0 Å². The van der Waals surface area contributed by atoms with Gasteiger partial charge >= 0.3 is 6.05 Å². The SMILES string of the molecule is CC(F)C(F)(F)NF. The van der Waals surface area contributed by atoms with Gasteiger partial charge in [0.15, 0.2) is 6.17 Å². The summed E-state index contributed by atoms with van der Waals surface area (Å²) < 4.78 is 45.0. The zero-order valence-electron chi connectivity index (χ0n) is 4.09. The van der Waals surface area contributed by atoms with E-state index in [0.29, 0.717) is 6.92 Å². The fraction of sp³-hybridized carbons (Fsp3) is 1.00. The molecule has 0 aromatic carbocycles. The highest BCUT2D eigenvalue weighted by molar-refractivity contribution is 4.63. The van der Waals surface area contributed by atoms with E-state index in [1.807, 2.05) is 0 Å². The van der Waals surface area contributed by atoms with E-state index in [1.165, 1.54) is 0 Å². The van der Waals surface area contributed by atoms with Crippen LogP contribution in [0.4, 0.5) is 17.7 Å². The van der Waals surface area contributed by atoms with Crippen LogP contribution >= 0.6 is 0 Å². The predicted octanol–water partition coefficient (Wildman–Crippen LogP) is 1.41. The highest BCUT2D eigenvalue weighted by Gasteiger charge is 2.36. The van der Waals surface area contributed by atoms with Crippen LogP contribution in [0.2, 0.25) is 0 Å². The minimum atomic E-state index is -4.04. The van der Waals surface area contributed by atoms with Gasteiger partial charge in [-0.1, -0.05) is 5.54 Å². The molecule has 0 saturated heterocycles. The quantitative estimate of drug-likeness (QED) is 0.339. The number of hydrogen-bond donors (Lipinski definition) is 1. The van der Waals surface area contributed by atoms with Gasteiger partial charge in [-0.3, -0.25) is 0 Å². The molecule has 1 atom stereocenters. The maximum absolute atomic E-state index is 11.4. The van der Waals surface area contributed by atoms with Crippen molar-refractivity contribution in [1.82, 2.24) is 5.54 Å². The van der Waals surface area contributed by atoms with E-state index >= 15 is 0 Å². The smallest absolute Gasteiger partial charge is 0.239 e. The van der Waals surface area contributed by atoms with Gasteiger partial charge in [0.05, 0.1) is 0 Å². The first-order chi connectivity index (χ1) is 3.50. The molecule has 0 amide bonds. The highest BCUT2D eigenvalue weighted by atomic mass is 19.3. The minimum Gasteiger partial charge on any atom is -0.239 e. The van der Waals surface area contributed by atoms with Gasteiger partial charge in [0.25, 0.3) is 0 Å². The maximum Gasteiger partial charge on any atom is 0.357 e. The molecule has 0 radical (unpaired) electrons. The number of rotatable bonds is 2. The lowest BCUT2D eigenvalue weighted by Crippen LogP contribution is -2.38. The Morgan fingerprint density at radius 2 is 1.88 bits per heavy atom. The molecule has 0 fully saturated rings. The van der Waals surface area contributed by atoms with Gasteiger partial charge in [0.1, 0.15) is 0 Å². The summed E-state index contributed by atoms with van der Waals surface area (Å²) in [5, 5.41) is 0. The summed E-state index contributed by atoms with van der Waals surface area (Å²) in [7, 11) is 0. The maximum atomic E-state index is 11.4. The topological polar surface area (TPSA) is 12.0 Å². The number of hydrogen-bond acceptors (Lipinski definition) is 1. The fourth-order valence-electron chi connectivity index (χ4n) is 0.0752. The van der Waals surface area contributed by atoms with Gasteiger partial charge in [0, 0.05) is 0 Å². The predicted molar refractivity (Wildman–Crippen MR) is 19.8 cm³/mol. The lowest BCUT2D eigenvalue weighted by atomic mass is 10.4. The van der Waals surface area contributed by atoms with Gasteiger partial charge in [-0.2, -0.15) is 8.78 Å². The molecule has 0 aromatic heterocycles. The molecule has 50 valence electrons. The third-order valence-corrected chi connectivity index (χ3v) is 0.626. The molecule has 0 aliphatic carbocycles. The lowest BCUT2D eigenvalue weighted by Gasteiger charge is -2.11. The zero-order valence-corrected chi connectivity index (χ0v) is 4.09. The van der Waals surface area contributed by atoms with E-state index in [1.54, 1.807) is 0 Å². The molecule has 1 nitrogen and oxygen atoms in total. The molecule has 5 heteroatoms. The molecule has 1 unspecified atom stereocenters. The fourth-order valence-corrected chi connectivity index (χ4v) is 0.0752. The van der Waals surface area contributed by atoms with Crippen LogP contribution in [0.25, 0.3) is 0 Å². The van der Waals surface area contributed by atoms with Crippen molar-refractivity contribution in [1.29, 1.82) is 0 Å². The molecular weight excluding hydrogens is 126 g/mol. The van der Waals surface area contributed by atoms with Gasteiger partial charge in [0.2, 0.25) is 0 Å². The van der Waals surface area contributed by atoms with Crippen LogP contribution in [0.1, 0.15) is 6.92 Å². The van der Waals surface area contributed by atoms with Crippen molar-refractivity contribution >= 4 is 0 Å². The molecule has 0 saturated carbocycles. The largest absolute Gasteiger partial charge is 0.357 e. The summed E-state index contributed by atoms with van der Waals surface area (Å²) in [6.07, 6.45) is -2.51. The average Bonchev–Trinajstić information content (AvgIpc) is 1.67. The minimum absolute atomic E-state index is 0.0324. The first-order valence-electron chi connectivity index (χ1n) is 1.90. The molecule has 0 heterocycles. The van der Waals surface area contributed by atoms with Crippen molar-refractivity contribution in [2.45, 2.75) is 19.1 Å². The summed E-state index contributed by atoms with van der Waals surface area (Å²) in [5.41, 5.74) is 0.0324. The van der Waals surface area contributed by atoms with E-state index in [0.717, 1.165) is 0 Å². The van der Waals surface area contributed by atoms with Crippen molar-refractivity contribution in [3.8, 4) is 0 Å². The van der Waals surface area contributed by atoms with Crippen LogP contribution < -0.4 is 5.54 Å². The van der Waals surface area contributed by atoms with Crippen molar-refractivity contribution < 1.29 is 17.7 Å². The van der Waals surface area contributed by atoms with E-state index < -0.39 is 12.2 Å². The summed E-state index contributed by atoms with van der Waals surface area (Å²) in [5.74, 6) is 0. The standard InChI is InChI=1S/C3H5F4N/c1-2(4)3(5,6)8-7/h2,8H,1H3. The highest BCUT2D eigenvalue weighted by Crippen LogP contribution is 2.16. The first kappa shape index (κ1) is 7.68. The number of halogens is 4. The van der Waals surface area contributed by atoms with E-state index in [2.05, 4.69) is 0 Å². The monoisotopic (exact) mass is 131 g/mol. The van der Waals surface area contributed by atoms with E-state index in [4.69, 9.17) is 0 Å². The third kappa shape index (κ3) is 1.65. The van der Waals surface area contributed by atoms with Gasteiger partial charge < -0.3 is 0 Å². The average molecular weight is 131 g/mol. The van der Waals surface area contributed by atoms with Crippen molar-refractivity contribution in [3.05, 3.63) is 0 Å². The van der Waals surface area contributed by atoms with Gasteiger partial charge in [-0.15, -0.1) is 4.48 Å². The molecule has 0 aliphatic rings. The Kier molecular flexibility index (Phi) is 2.21. The Morgan fingerprint density at radius 1 is 1.50 bits per heavy atom. The summed E-state index contributed by atoms with van der Waals surface area (Å²) in [6, 6.07) is -4.04. The molecule has 0 aromatic rings. The van der Waals surface area contributed by atoms with Crippen LogP contribution in [0.3, 0.4) is 0 Å². The molecule has 1 N–H and O–H groups in total. The second-order valence-corrected chi connectivity index (χ2v) is 1.33. The Bertz CT molecular complexity index is 71.7. The Morgan fingerprint density at radius 3 is 1.88 bits per heavy atom. The van der Waals surface area contributed by atoms with Crippen LogP contribution in [0.5, 0.6) is 0 Å². The van der Waals surface area contributed by atoms with Crippen molar-refractivity contribution in [3.63, 3.8) is 0 Å². The molecule has 0 rings (SSSR count). The van der Waals surface area contributed by atoms with Gasteiger partial charge in [-0.25, -0.2) is 4.39 Å². The second-order valence-electron chi connectivity index (χ2n) is 1.33. The van der Waals surface area contributed by atoms with Crippen LogP contribution in [-0.2, 0) is 0 Å². The Labute approximate surface area is 43.6 Å². The Balaban J connectivity index is 3.71. The first-order valence-corrected chi connectivity index (χ1v) is 1.90. The second kappa shape index (κ2) is 2.30. The van der Waals surface area contributed by atoms with Gasteiger partial charge in [-0.05, 0) is 6.92 Å². The summed E-state index contributed by atoms with van der Waals surface area (Å²) >= 11 is 0. The molecule has 0 spiro atoms. The molecule has 0 aliphatic heterocycles. The van der Waals surface area contributed by atoms with Crippen LogP contribution in [0.15, 0.2) is 0 Å². The molecule has 8 heavy (non-hydrogen) atoms. The Hall–Kier alpha value is -0.320. The third-order valence-electron chi connectivity index (χ3n) is 0.626. The number of alkyl halides is 3. The molecule has 0 bridgehead atoms. The van der Waals surface area contributed by atoms with Crippen LogP contribution in [0, 0.1) is 0 Å². The zero-order chi connectivity index (χ0) is 6.78. The van der Waals surface area contributed by atoms with Crippen LogP contribution in [-0.4, -0.2) is 12.2 Å². The van der Waals surface area contributed by atoms with Crippen molar-refractivity contribution in [2.75, 3.05) is 0 Å². The summed E-state index contributed by atoms with van der Waals surface area (Å²) in [6.45, 7) is 0.562. The summed E-state index contributed by atoms with van der Waals surface area (Å²) in [4.78, 5) is 0. The number of nitrogens with one attached hydrogen (secondary N) is 1.